The molecule has 0 aliphatic carbocycles. The summed E-state index contributed by atoms with van der Waals surface area (Å²) in [4.78, 5) is 16.5. The maximum Gasteiger partial charge on any atom is 0.325 e. The summed E-state index contributed by atoms with van der Waals surface area (Å²) in [6.45, 7) is 4.17. The molecule has 70 valence electrons. The summed E-state index contributed by atoms with van der Waals surface area (Å²) in [6.07, 6.45) is 0.833. The molecule has 1 aliphatic rings. The van der Waals surface area contributed by atoms with Gasteiger partial charge in [0.15, 0.2) is 0 Å². The first-order chi connectivity index (χ1) is 5.65. The van der Waals surface area contributed by atoms with Gasteiger partial charge in [0.1, 0.15) is 6.04 Å². The maximum absolute atomic E-state index is 11.3. The van der Waals surface area contributed by atoms with Crippen LogP contribution in [-0.4, -0.2) is 36.8 Å². The second-order valence-electron chi connectivity index (χ2n) is 2.97. The van der Waals surface area contributed by atoms with E-state index >= 15 is 0 Å². The number of hydrogen-bond acceptors (Lipinski definition) is 4. The molecule has 0 amide bonds. The molecule has 12 heavy (non-hydrogen) atoms. The van der Waals surface area contributed by atoms with E-state index in [0.717, 1.165) is 6.42 Å². The molecule has 0 N–H and O–H groups in total. The van der Waals surface area contributed by atoms with E-state index in [1.807, 2.05) is 6.92 Å². The van der Waals surface area contributed by atoms with Gasteiger partial charge < -0.3 is 4.74 Å². The lowest BCUT2D eigenvalue weighted by Gasteiger charge is -2.15. The van der Waals surface area contributed by atoms with Gasteiger partial charge >= 0.3 is 5.97 Å². The van der Waals surface area contributed by atoms with E-state index in [2.05, 4.69) is 0 Å². The summed E-state index contributed by atoms with van der Waals surface area (Å²) in [5.41, 5.74) is 0. The molecule has 0 saturated carbocycles. The molecule has 0 aromatic carbocycles. The molecule has 0 aromatic rings. The highest BCUT2D eigenvalue weighted by Gasteiger charge is 2.34. The third-order valence-electron chi connectivity index (χ3n) is 1.90. The second kappa shape index (κ2) is 3.87. The Morgan fingerprint density at radius 3 is 2.83 bits per heavy atom. The number of rotatable bonds is 2. The summed E-state index contributed by atoms with van der Waals surface area (Å²) in [6, 6.07) is -0.222. The topological polar surface area (TPSA) is 38.8 Å². The molecule has 1 saturated heterocycles. The zero-order valence-electron chi connectivity index (χ0n) is 7.74. The predicted molar refractivity (Wildman–Crippen MR) is 43.3 cm³/mol. The summed E-state index contributed by atoms with van der Waals surface area (Å²) < 4.78 is 4.88. The van der Waals surface area contributed by atoms with Gasteiger partial charge in [-0.25, -0.2) is 0 Å². The molecule has 1 rings (SSSR count). The van der Waals surface area contributed by atoms with Gasteiger partial charge in [-0.1, -0.05) is 0 Å². The number of esters is 1. The number of ether oxygens (including phenoxy) is 1. The van der Waals surface area contributed by atoms with Gasteiger partial charge in [-0.3, -0.25) is 9.63 Å². The monoisotopic (exact) mass is 173 g/mol. The lowest BCUT2D eigenvalue weighted by atomic mass is 10.1. The highest BCUT2D eigenvalue weighted by Crippen LogP contribution is 2.19. The van der Waals surface area contributed by atoms with Crippen molar-refractivity contribution in [3.05, 3.63) is 0 Å². The molecular formula is C8H15NO3. The Labute approximate surface area is 72.4 Å². The van der Waals surface area contributed by atoms with Crippen molar-refractivity contribution in [1.29, 1.82) is 0 Å². The van der Waals surface area contributed by atoms with Crippen LogP contribution in [0.1, 0.15) is 20.3 Å². The number of hydroxylamine groups is 2. The van der Waals surface area contributed by atoms with Gasteiger partial charge in [-0.2, -0.15) is 5.06 Å². The average Bonchev–Trinajstić information content (AvgIpc) is 2.30. The van der Waals surface area contributed by atoms with Crippen molar-refractivity contribution < 1.29 is 14.4 Å². The first kappa shape index (κ1) is 9.48. The van der Waals surface area contributed by atoms with Crippen molar-refractivity contribution in [2.75, 3.05) is 13.7 Å². The largest absolute Gasteiger partial charge is 0.465 e. The lowest BCUT2D eigenvalue weighted by molar-refractivity contribution is -0.170. The minimum absolute atomic E-state index is 0.115. The van der Waals surface area contributed by atoms with E-state index < -0.39 is 0 Å². The lowest BCUT2D eigenvalue weighted by Crippen LogP contribution is -2.33. The fourth-order valence-corrected chi connectivity index (χ4v) is 1.35. The van der Waals surface area contributed by atoms with E-state index in [0.29, 0.717) is 6.61 Å². The van der Waals surface area contributed by atoms with Gasteiger partial charge in [0.25, 0.3) is 0 Å². The highest BCUT2D eigenvalue weighted by atomic mass is 16.7. The van der Waals surface area contributed by atoms with Gasteiger partial charge in [0.2, 0.25) is 0 Å². The fourth-order valence-electron chi connectivity index (χ4n) is 1.35. The predicted octanol–water partition coefficient (Wildman–Crippen LogP) is 0.574. The van der Waals surface area contributed by atoms with Crippen molar-refractivity contribution in [3.8, 4) is 0 Å². The molecule has 2 atom stereocenters. The van der Waals surface area contributed by atoms with Crippen LogP contribution in [0.2, 0.25) is 0 Å². The van der Waals surface area contributed by atoms with E-state index in [-0.39, 0.29) is 18.1 Å². The fraction of sp³-hybridized carbons (Fsp3) is 0.875. The third-order valence-corrected chi connectivity index (χ3v) is 1.90. The third kappa shape index (κ3) is 1.95. The Balaban J connectivity index is 2.46. The molecule has 2 unspecified atom stereocenters. The van der Waals surface area contributed by atoms with E-state index in [9.17, 15) is 4.79 Å². The minimum Gasteiger partial charge on any atom is -0.465 e. The molecule has 0 bridgehead atoms. The highest BCUT2D eigenvalue weighted by molar-refractivity contribution is 5.75. The van der Waals surface area contributed by atoms with Crippen molar-refractivity contribution in [2.24, 2.45) is 0 Å². The Bertz CT molecular complexity index is 172. The van der Waals surface area contributed by atoms with Gasteiger partial charge in [-0.15, -0.1) is 0 Å². The molecule has 1 fully saturated rings. The van der Waals surface area contributed by atoms with Crippen molar-refractivity contribution in [3.63, 3.8) is 0 Å². The molecule has 1 heterocycles. The first-order valence-corrected chi connectivity index (χ1v) is 4.21. The molecule has 4 heteroatoms. The Kier molecular flexibility index (Phi) is 3.05. The molecular weight excluding hydrogens is 158 g/mol. The first-order valence-electron chi connectivity index (χ1n) is 4.21. The van der Waals surface area contributed by atoms with Gasteiger partial charge in [0.05, 0.1) is 12.7 Å². The van der Waals surface area contributed by atoms with Crippen molar-refractivity contribution in [1.82, 2.24) is 5.06 Å². The Morgan fingerprint density at radius 2 is 2.42 bits per heavy atom. The Morgan fingerprint density at radius 1 is 1.75 bits per heavy atom. The molecule has 1 aliphatic heterocycles. The standard InChI is InChI=1S/C8H15NO3/c1-4-11-8(10)7-5-6(2)12-9(7)3/h6-7H,4-5H2,1-3H3. The zero-order valence-corrected chi connectivity index (χ0v) is 7.74. The van der Waals surface area contributed by atoms with E-state index in [1.54, 1.807) is 19.0 Å². The van der Waals surface area contributed by atoms with Crippen LogP contribution in [0.25, 0.3) is 0 Å². The van der Waals surface area contributed by atoms with Gasteiger partial charge in [-0.05, 0) is 13.8 Å². The zero-order chi connectivity index (χ0) is 9.14. The smallest absolute Gasteiger partial charge is 0.325 e. The maximum atomic E-state index is 11.3. The van der Waals surface area contributed by atoms with Crippen LogP contribution >= 0.6 is 0 Å². The number of nitrogens with zero attached hydrogens (tertiary/aromatic N) is 1. The number of carbonyl (C=O) groups is 1. The van der Waals surface area contributed by atoms with Crippen molar-refractivity contribution in [2.45, 2.75) is 32.4 Å². The Hall–Kier alpha value is -0.610. The summed E-state index contributed by atoms with van der Waals surface area (Å²) in [5.74, 6) is -0.190. The van der Waals surface area contributed by atoms with Crippen LogP contribution in [0.3, 0.4) is 0 Å². The van der Waals surface area contributed by atoms with E-state index in [4.69, 9.17) is 9.57 Å². The normalized spacial score (nSPS) is 30.6. The SMILES string of the molecule is CCOC(=O)C1CC(C)ON1C. The van der Waals surface area contributed by atoms with Crippen LogP contribution in [0.5, 0.6) is 0 Å². The molecule has 4 nitrogen and oxygen atoms in total. The van der Waals surface area contributed by atoms with Crippen LogP contribution in [0.15, 0.2) is 0 Å². The quantitative estimate of drug-likeness (QED) is 0.572. The van der Waals surface area contributed by atoms with Gasteiger partial charge in [0, 0.05) is 13.5 Å². The van der Waals surface area contributed by atoms with Crippen LogP contribution in [-0.2, 0) is 14.4 Å². The molecule has 0 aromatic heterocycles. The summed E-state index contributed by atoms with van der Waals surface area (Å²) >= 11 is 0. The van der Waals surface area contributed by atoms with Crippen LogP contribution in [0, 0.1) is 0 Å². The molecule has 0 spiro atoms. The number of carbonyl (C=O) groups excluding carboxylic acids is 1. The number of hydrogen-bond donors (Lipinski definition) is 0. The average molecular weight is 173 g/mol. The summed E-state index contributed by atoms with van der Waals surface area (Å²) in [5, 5.41) is 1.57. The molecule has 0 radical (unpaired) electrons. The minimum atomic E-state index is -0.222. The summed E-state index contributed by atoms with van der Waals surface area (Å²) in [7, 11) is 1.76. The van der Waals surface area contributed by atoms with Crippen molar-refractivity contribution >= 4 is 5.97 Å². The van der Waals surface area contributed by atoms with E-state index in [1.165, 1.54) is 0 Å². The number of likely N-dealkylation sites (N-methyl/N-ethyl adjacent to an activating group) is 1. The van der Waals surface area contributed by atoms with Crippen LogP contribution < -0.4 is 0 Å². The second-order valence-corrected chi connectivity index (χ2v) is 2.97. The van der Waals surface area contributed by atoms with Crippen LogP contribution in [0.4, 0.5) is 0 Å².